The summed E-state index contributed by atoms with van der Waals surface area (Å²) in [4.78, 5) is 13.7. The zero-order valence-electron chi connectivity index (χ0n) is 12.2. The topological polar surface area (TPSA) is 48.0 Å². The van der Waals surface area contributed by atoms with Gasteiger partial charge in [-0.3, -0.25) is 4.90 Å². The Morgan fingerprint density at radius 3 is 2.10 bits per heavy atom. The van der Waals surface area contributed by atoms with Gasteiger partial charge in [0.15, 0.2) is 0 Å². The van der Waals surface area contributed by atoms with Crippen LogP contribution in [0.3, 0.4) is 0 Å². The van der Waals surface area contributed by atoms with E-state index in [0.717, 1.165) is 25.2 Å². The molecular weight excluding hydrogens is 258 g/mol. The molecule has 0 spiro atoms. The molecule has 5 heteroatoms. The molecule has 0 amide bonds. The predicted molar refractivity (Wildman–Crippen MR) is 74.7 cm³/mol. The van der Waals surface area contributed by atoms with Crippen molar-refractivity contribution in [2.75, 3.05) is 34.4 Å². The van der Waals surface area contributed by atoms with Crippen molar-refractivity contribution in [3.05, 3.63) is 35.4 Å². The second-order valence-corrected chi connectivity index (χ2v) is 4.93. The molecule has 0 radical (unpaired) electrons. The minimum atomic E-state index is -0.309. The monoisotopic (exact) mass is 279 g/mol. The smallest absolute Gasteiger partial charge is 0.337 e. The van der Waals surface area contributed by atoms with Crippen LogP contribution in [0.2, 0.25) is 0 Å². The molecule has 1 aromatic carbocycles. The molecule has 1 fully saturated rings. The van der Waals surface area contributed by atoms with Crippen LogP contribution >= 0.6 is 0 Å². The molecule has 1 aromatic rings. The Morgan fingerprint density at radius 2 is 1.65 bits per heavy atom. The summed E-state index contributed by atoms with van der Waals surface area (Å²) in [5.41, 5.74) is 1.73. The predicted octanol–water partition coefficient (Wildman–Crippen LogP) is 1.32. The lowest BCUT2D eigenvalue weighted by molar-refractivity contribution is -0.00461. The fourth-order valence-electron chi connectivity index (χ4n) is 2.52. The van der Waals surface area contributed by atoms with Crippen LogP contribution in [0.5, 0.6) is 0 Å². The third-order valence-corrected chi connectivity index (χ3v) is 3.68. The maximum atomic E-state index is 11.4. The van der Waals surface area contributed by atoms with Crippen LogP contribution in [0, 0.1) is 0 Å². The maximum Gasteiger partial charge on any atom is 0.337 e. The molecule has 110 valence electrons. The van der Waals surface area contributed by atoms with E-state index < -0.39 is 0 Å². The van der Waals surface area contributed by atoms with Gasteiger partial charge in [0.2, 0.25) is 0 Å². The zero-order valence-corrected chi connectivity index (χ0v) is 12.2. The van der Waals surface area contributed by atoms with Crippen molar-refractivity contribution in [2.24, 2.45) is 0 Å². The maximum absolute atomic E-state index is 11.4. The van der Waals surface area contributed by atoms with Crippen molar-refractivity contribution < 1.29 is 19.0 Å². The summed E-state index contributed by atoms with van der Waals surface area (Å²) >= 11 is 0. The van der Waals surface area contributed by atoms with Crippen LogP contribution in [0.4, 0.5) is 0 Å². The molecule has 1 aliphatic rings. The van der Waals surface area contributed by atoms with Gasteiger partial charge < -0.3 is 14.2 Å². The van der Waals surface area contributed by atoms with Crippen molar-refractivity contribution >= 4 is 5.97 Å². The average Bonchev–Trinajstić information content (AvgIpc) is 2.89. The number of hydrogen-bond acceptors (Lipinski definition) is 5. The van der Waals surface area contributed by atoms with Gasteiger partial charge in [0.05, 0.1) is 24.9 Å². The third-order valence-electron chi connectivity index (χ3n) is 3.68. The molecule has 0 aromatic heterocycles. The molecular formula is C15H21NO4. The normalized spacial score (nSPS) is 22.9. The minimum Gasteiger partial charge on any atom is -0.465 e. The SMILES string of the molecule is COC(=O)c1ccc(CN2C[C@H](OC)[C@@H](OC)C2)cc1. The van der Waals surface area contributed by atoms with Crippen molar-refractivity contribution in [3.8, 4) is 0 Å². The lowest BCUT2D eigenvalue weighted by Gasteiger charge is -2.15. The highest BCUT2D eigenvalue weighted by molar-refractivity contribution is 5.89. The molecule has 0 N–H and O–H groups in total. The van der Waals surface area contributed by atoms with Gasteiger partial charge >= 0.3 is 5.97 Å². The Hall–Kier alpha value is -1.43. The van der Waals surface area contributed by atoms with Crippen LogP contribution in [-0.2, 0) is 20.8 Å². The minimum absolute atomic E-state index is 0.120. The summed E-state index contributed by atoms with van der Waals surface area (Å²) in [5, 5.41) is 0. The molecule has 1 aliphatic heterocycles. The molecule has 1 saturated heterocycles. The second kappa shape index (κ2) is 6.83. The van der Waals surface area contributed by atoms with Gasteiger partial charge in [-0.15, -0.1) is 0 Å². The molecule has 0 unspecified atom stereocenters. The summed E-state index contributed by atoms with van der Waals surface area (Å²) < 4.78 is 15.5. The number of benzene rings is 1. The Labute approximate surface area is 119 Å². The van der Waals surface area contributed by atoms with Gasteiger partial charge in [-0.05, 0) is 17.7 Å². The fourth-order valence-corrected chi connectivity index (χ4v) is 2.52. The first-order valence-corrected chi connectivity index (χ1v) is 6.63. The van der Waals surface area contributed by atoms with E-state index in [1.807, 2.05) is 12.1 Å². The number of rotatable bonds is 5. The van der Waals surface area contributed by atoms with E-state index in [1.54, 1.807) is 26.4 Å². The van der Waals surface area contributed by atoms with E-state index >= 15 is 0 Å². The number of esters is 1. The first kappa shape index (κ1) is 15.0. The van der Waals surface area contributed by atoms with Gasteiger partial charge in [-0.25, -0.2) is 4.79 Å². The summed E-state index contributed by atoms with van der Waals surface area (Å²) in [6.07, 6.45) is 0.240. The number of likely N-dealkylation sites (tertiary alicyclic amines) is 1. The molecule has 1 heterocycles. The zero-order chi connectivity index (χ0) is 14.5. The summed E-state index contributed by atoms with van der Waals surface area (Å²) in [7, 11) is 4.81. The number of carbonyl (C=O) groups is 1. The summed E-state index contributed by atoms with van der Waals surface area (Å²) in [5.74, 6) is -0.309. The van der Waals surface area contributed by atoms with Gasteiger partial charge in [0.1, 0.15) is 0 Å². The highest BCUT2D eigenvalue weighted by Crippen LogP contribution is 2.18. The fraction of sp³-hybridized carbons (Fsp3) is 0.533. The van der Waals surface area contributed by atoms with E-state index in [2.05, 4.69) is 9.64 Å². The van der Waals surface area contributed by atoms with Crippen LogP contribution in [0.1, 0.15) is 15.9 Å². The first-order chi connectivity index (χ1) is 9.67. The van der Waals surface area contributed by atoms with Crippen molar-refractivity contribution in [1.29, 1.82) is 0 Å². The van der Waals surface area contributed by atoms with Crippen molar-refractivity contribution in [1.82, 2.24) is 4.90 Å². The Kier molecular flexibility index (Phi) is 5.11. The van der Waals surface area contributed by atoms with E-state index in [1.165, 1.54) is 7.11 Å². The second-order valence-electron chi connectivity index (χ2n) is 4.93. The molecule has 0 saturated carbocycles. The third kappa shape index (κ3) is 3.36. The van der Waals surface area contributed by atoms with Crippen molar-refractivity contribution in [3.63, 3.8) is 0 Å². The van der Waals surface area contributed by atoms with E-state index in [4.69, 9.17) is 9.47 Å². The first-order valence-electron chi connectivity index (χ1n) is 6.63. The van der Waals surface area contributed by atoms with E-state index in [-0.39, 0.29) is 18.2 Å². The Morgan fingerprint density at radius 1 is 1.10 bits per heavy atom. The quantitative estimate of drug-likeness (QED) is 0.761. The van der Waals surface area contributed by atoms with E-state index in [9.17, 15) is 4.79 Å². The molecule has 2 rings (SSSR count). The van der Waals surface area contributed by atoms with Crippen LogP contribution in [-0.4, -0.2) is 57.5 Å². The highest BCUT2D eigenvalue weighted by atomic mass is 16.5. The van der Waals surface area contributed by atoms with Gasteiger partial charge in [-0.1, -0.05) is 12.1 Å². The van der Waals surface area contributed by atoms with Gasteiger partial charge in [0, 0.05) is 33.9 Å². The number of hydrogen-bond donors (Lipinski definition) is 0. The molecule has 2 atom stereocenters. The van der Waals surface area contributed by atoms with Crippen LogP contribution in [0.25, 0.3) is 0 Å². The van der Waals surface area contributed by atoms with Gasteiger partial charge in [-0.2, -0.15) is 0 Å². The van der Waals surface area contributed by atoms with Crippen LogP contribution < -0.4 is 0 Å². The summed E-state index contributed by atoms with van der Waals surface area (Å²) in [6, 6.07) is 7.49. The van der Waals surface area contributed by atoms with Crippen molar-refractivity contribution in [2.45, 2.75) is 18.8 Å². The number of ether oxygens (including phenoxy) is 3. The van der Waals surface area contributed by atoms with Crippen LogP contribution in [0.15, 0.2) is 24.3 Å². The average molecular weight is 279 g/mol. The highest BCUT2D eigenvalue weighted by Gasteiger charge is 2.32. The summed E-state index contributed by atoms with van der Waals surface area (Å²) in [6.45, 7) is 2.53. The number of nitrogens with zero attached hydrogens (tertiary/aromatic N) is 1. The molecule has 20 heavy (non-hydrogen) atoms. The van der Waals surface area contributed by atoms with Gasteiger partial charge in [0.25, 0.3) is 0 Å². The van der Waals surface area contributed by atoms with E-state index in [0.29, 0.717) is 5.56 Å². The lowest BCUT2D eigenvalue weighted by Crippen LogP contribution is -2.27. The Bertz CT molecular complexity index is 434. The standard InChI is InChI=1S/C15H21NO4/c1-18-13-9-16(10-14(13)19-2)8-11-4-6-12(7-5-11)15(17)20-3/h4-7,13-14H,8-10H2,1-3H3/t13-,14-/m0/s1. The largest absolute Gasteiger partial charge is 0.465 e. The molecule has 0 bridgehead atoms. The lowest BCUT2D eigenvalue weighted by atomic mass is 10.1. The molecule has 0 aliphatic carbocycles. The number of methoxy groups -OCH3 is 3. The Balaban J connectivity index is 1.96. The molecule has 5 nitrogen and oxygen atoms in total. The number of carbonyl (C=O) groups excluding carboxylic acids is 1.